The summed E-state index contributed by atoms with van der Waals surface area (Å²) >= 11 is 0. The maximum absolute atomic E-state index is 12.5. The minimum atomic E-state index is -0.708. The lowest BCUT2D eigenvalue weighted by atomic mass is 10.1. The number of nitriles is 1. The minimum absolute atomic E-state index is 0.00537. The summed E-state index contributed by atoms with van der Waals surface area (Å²) in [5.74, 6) is -0.702. The van der Waals surface area contributed by atoms with E-state index in [4.69, 9.17) is 5.26 Å². The molecular weight excluding hydrogens is 294 g/mol. The van der Waals surface area contributed by atoms with E-state index in [9.17, 15) is 9.59 Å². The van der Waals surface area contributed by atoms with Gasteiger partial charge in [0, 0.05) is 30.5 Å². The summed E-state index contributed by atoms with van der Waals surface area (Å²) in [4.78, 5) is 25.6. The number of likely N-dealkylation sites (tertiary alicyclic amines) is 1. The molecule has 0 radical (unpaired) electrons. The highest BCUT2D eigenvalue weighted by Crippen LogP contribution is 2.16. The van der Waals surface area contributed by atoms with Gasteiger partial charge in [0.15, 0.2) is 5.57 Å². The quantitative estimate of drug-likeness (QED) is 0.524. The van der Waals surface area contributed by atoms with Gasteiger partial charge in [-0.15, -0.1) is 0 Å². The van der Waals surface area contributed by atoms with Crippen molar-refractivity contribution in [3.63, 3.8) is 0 Å². The van der Waals surface area contributed by atoms with Crippen molar-refractivity contribution in [2.45, 2.75) is 19.3 Å². The molecule has 0 bridgehead atoms. The van der Waals surface area contributed by atoms with E-state index >= 15 is 0 Å². The van der Waals surface area contributed by atoms with Crippen molar-refractivity contribution >= 4 is 17.6 Å². The van der Waals surface area contributed by atoms with Gasteiger partial charge in [0.1, 0.15) is 6.07 Å². The fourth-order valence-corrected chi connectivity index (χ4v) is 2.42. The lowest BCUT2D eigenvalue weighted by Gasteiger charge is -2.26. The number of anilines is 1. The van der Waals surface area contributed by atoms with Crippen molar-refractivity contribution in [2.24, 2.45) is 0 Å². The number of esters is 1. The van der Waals surface area contributed by atoms with Crippen LogP contribution in [0.4, 0.5) is 5.69 Å². The van der Waals surface area contributed by atoms with Crippen LogP contribution in [0.5, 0.6) is 0 Å². The van der Waals surface area contributed by atoms with Crippen molar-refractivity contribution in [3.05, 3.63) is 41.6 Å². The zero-order chi connectivity index (χ0) is 16.7. The molecule has 23 heavy (non-hydrogen) atoms. The first kappa shape index (κ1) is 16.6. The number of carbonyl (C=O) groups is 2. The van der Waals surface area contributed by atoms with Crippen molar-refractivity contribution in [3.8, 4) is 6.07 Å². The van der Waals surface area contributed by atoms with E-state index in [1.54, 1.807) is 30.3 Å². The molecule has 1 aliphatic heterocycles. The van der Waals surface area contributed by atoms with Crippen LogP contribution in [0.25, 0.3) is 0 Å². The number of hydrogen-bond donors (Lipinski definition) is 1. The average molecular weight is 313 g/mol. The number of amides is 1. The molecule has 1 saturated heterocycles. The fourth-order valence-electron chi connectivity index (χ4n) is 2.42. The maximum Gasteiger partial charge on any atom is 0.350 e. The number of nitrogens with one attached hydrogen (secondary N) is 1. The lowest BCUT2D eigenvalue weighted by Crippen LogP contribution is -2.35. The van der Waals surface area contributed by atoms with Crippen LogP contribution in [0.15, 0.2) is 36.0 Å². The molecule has 0 aliphatic carbocycles. The Bertz CT molecular complexity index is 655. The van der Waals surface area contributed by atoms with Crippen molar-refractivity contribution in [1.29, 1.82) is 5.26 Å². The van der Waals surface area contributed by atoms with Gasteiger partial charge in [-0.1, -0.05) is 6.07 Å². The standard InChI is InChI=1S/C17H19N3O3/c1-23-17(22)14(11-18)12-19-15-7-5-6-13(10-15)16(21)20-8-3-2-4-9-20/h5-7,10,12,19H,2-4,8-9H2,1H3/b14-12-. The van der Waals surface area contributed by atoms with Gasteiger partial charge in [-0.25, -0.2) is 4.79 Å². The van der Waals surface area contributed by atoms with E-state index < -0.39 is 5.97 Å². The van der Waals surface area contributed by atoms with E-state index in [2.05, 4.69) is 10.1 Å². The highest BCUT2D eigenvalue weighted by Gasteiger charge is 2.18. The number of ether oxygens (including phenoxy) is 1. The summed E-state index contributed by atoms with van der Waals surface area (Å²) in [6.45, 7) is 1.58. The minimum Gasteiger partial charge on any atom is -0.465 e. The van der Waals surface area contributed by atoms with Gasteiger partial charge in [0.05, 0.1) is 7.11 Å². The normalized spacial score (nSPS) is 14.8. The third-order valence-corrected chi connectivity index (χ3v) is 3.66. The Kier molecular flexibility index (Phi) is 5.75. The van der Waals surface area contributed by atoms with Gasteiger partial charge in [-0.2, -0.15) is 5.26 Å². The first-order valence-electron chi connectivity index (χ1n) is 7.50. The van der Waals surface area contributed by atoms with Crippen LogP contribution in [0.2, 0.25) is 0 Å². The summed E-state index contributed by atoms with van der Waals surface area (Å²) < 4.78 is 4.50. The van der Waals surface area contributed by atoms with E-state index in [-0.39, 0.29) is 11.5 Å². The molecule has 1 fully saturated rings. The Morgan fingerprint density at radius 2 is 2.04 bits per heavy atom. The van der Waals surface area contributed by atoms with Crippen LogP contribution in [0, 0.1) is 11.3 Å². The zero-order valence-corrected chi connectivity index (χ0v) is 13.0. The number of rotatable bonds is 4. The Hall–Kier alpha value is -2.81. The molecule has 1 aliphatic rings. The Labute approximate surface area is 135 Å². The van der Waals surface area contributed by atoms with Gasteiger partial charge in [0.2, 0.25) is 0 Å². The molecule has 1 heterocycles. The molecule has 0 saturated carbocycles. The van der Waals surface area contributed by atoms with Crippen LogP contribution in [-0.4, -0.2) is 37.0 Å². The molecule has 120 valence electrons. The fraction of sp³-hybridized carbons (Fsp3) is 0.353. The summed E-state index contributed by atoms with van der Waals surface area (Å²) in [5, 5.41) is 11.8. The van der Waals surface area contributed by atoms with Crippen LogP contribution >= 0.6 is 0 Å². The van der Waals surface area contributed by atoms with Gasteiger partial charge >= 0.3 is 5.97 Å². The van der Waals surface area contributed by atoms with Gasteiger partial charge < -0.3 is 15.0 Å². The van der Waals surface area contributed by atoms with Crippen LogP contribution in [0.3, 0.4) is 0 Å². The maximum atomic E-state index is 12.5. The highest BCUT2D eigenvalue weighted by molar-refractivity contribution is 5.95. The predicted molar refractivity (Wildman–Crippen MR) is 85.5 cm³/mol. The summed E-state index contributed by atoms with van der Waals surface area (Å²) in [7, 11) is 1.21. The second-order valence-electron chi connectivity index (χ2n) is 5.24. The zero-order valence-electron chi connectivity index (χ0n) is 13.0. The second-order valence-corrected chi connectivity index (χ2v) is 5.24. The van der Waals surface area contributed by atoms with Crippen molar-refractivity contribution < 1.29 is 14.3 Å². The molecule has 1 amide bonds. The second kappa shape index (κ2) is 7.99. The van der Waals surface area contributed by atoms with Gasteiger partial charge in [-0.3, -0.25) is 4.79 Å². The van der Waals surface area contributed by atoms with Gasteiger partial charge in [-0.05, 0) is 37.5 Å². The lowest BCUT2D eigenvalue weighted by molar-refractivity contribution is -0.135. The summed E-state index contributed by atoms with van der Waals surface area (Å²) in [6, 6.07) is 8.75. The number of methoxy groups -OCH3 is 1. The van der Waals surface area contributed by atoms with Crippen molar-refractivity contribution in [2.75, 3.05) is 25.5 Å². The molecule has 0 unspecified atom stereocenters. The molecule has 1 N–H and O–H groups in total. The topological polar surface area (TPSA) is 82.4 Å². The first-order chi connectivity index (χ1) is 11.2. The van der Waals surface area contributed by atoms with E-state index in [1.165, 1.54) is 19.7 Å². The molecule has 1 aromatic rings. The highest BCUT2D eigenvalue weighted by atomic mass is 16.5. The number of carbonyl (C=O) groups excluding carboxylic acids is 2. The average Bonchev–Trinajstić information content (AvgIpc) is 2.62. The largest absolute Gasteiger partial charge is 0.465 e. The van der Waals surface area contributed by atoms with Crippen LogP contribution in [-0.2, 0) is 9.53 Å². The molecule has 1 aromatic carbocycles. The predicted octanol–water partition coefficient (Wildman–Crippen LogP) is 2.31. The number of benzene rings is 1. The Morgan fingerprint density at radius 1 is 1.30 bits per heavy atom. The van der Waals surface area contributed by atoms with Gasteiger partial charge in [0.25, 0.3) is 5.91 Å². The molecule has 2 rings (SSSR count). The number of nitrogens with zero attached hydrogens (tertiary/aromatic N) is 2. The SMILES string of the molecule is COC(=O)/C(C#N)=C\Nc1cccc(C(=O)N2CCCCC2)c1. The monoisotopic (exact) mass is 313 g/mol. The van der Waals surface area contributed by atoms with E-state index in [0.29, 0.717) is 11.3 Å². The Morgan fingerprint density at radius 3 is 2.70 bits per heavy atom. The van der Waals surface area contributed by atoms with E-state index in [1.807, 2.05) is 4.90 Å². The smallest absolute Gasteiger partial charge is 0.350 e. The number of hydrogen-bond acceptors (Lipinski definition) is 5. The van der Waals surface area contributed by atoms with Crippen LogP contribution < -0.4 is 5.32 Å². The summed E-state index contributed by atoms with van der Waals surface area (Å²) in [5.41, 5.74) is 1.08. The first-order valence-corrected chi connectivity index (χ1v) is 7.50. The van der Waals surface area contributed by atoms with E-state index in [0.717, 1.165) is 25.9 Å². The third kappa shape index (κ3) is 4.33. The Balaban J connectivity index is 2.10. The molecule has 0 aromatic heterocycles. The molecule has 6 heteroatoms. The molecular formula is C17H19N3O3. The van der Waals surface area contributed by atoms with Crippen molar-refractivity contribution in [1.82, 2.24) is 4.90 Å². The summed E-state index contributed by atoms with van der Waals surface area (Å²) in [6.07, 6.45) is 4.52. The number of piperidine rings is 1. The van der Waals surface area contributed by atoms with Crippen LogP contribution in [0.1, 0.15) is 29.6 Å². The molecule has 0 atom stereocenters. The molecule has 6 nitrogen and oxygen atoms in total. The molecule has 0 spiro atoms. The third-order valence-electron chi connectivity index (χ3n) is 3.66.